The summed E-state index contributed by atoms with van der Waals surface area (Å²) in [6, 6.07) is 0. The summed E-state index contributed by atoms with van der Waals surface area (Å²) in [7, 11) is 0. The SMILES string of the molecule is CC(C)c1c(C(F)(F)F)nc2ncnn2c1N. The molecule has 2 rings (SSSR count). The van der Waals surface area contributed by atoms with E-state index in [2.05, 4.69) is 15.1 Å². The minimum Gasteiger partial charge on any atom is -0.383 e. The van der Waals surface area contributed by atoms with E-state index in [1.54, 1.807) is 13.8 Å². The lowest BCUT2D eigenvalue weighted by Crippen LogP contribution is -2.18. The van der Waals surface area contributed by atoms with Crippen molar-refractivity contribution < 1.29 is 13.2 Å². The molecule has 0 saturated heterocycles. The van der Waals surface area contributed by atoms with E-state index in [9.17, 15) is 13.2 Å². The molecular weight excluding hydrogens is 235 g/mol. The topological polar surface area (TPSA) is 69.1 Å². The number of hydrogen-bond donors (Lipinski definition) is 1. The summed E-state index contributed by atoms with van der Waals surface area (Å²) in [5, 5.41) is 3.74. The molecule has 8 heteroatoms. The van der Waals surface area contributed by atoms with Gasteiger partial charge in [0.25, 0.3) is 5.78 Å². The fraction of sp³-hybridized carbons (Fsp3) is 0.444. The Labute approximate surface area is 94.5 Å². The van der Waals surface area contributed by atoms with Crippen LogP contribution in [0.2, 0.25) is 0 Å². The van der Waals surface area contributed by atoms with Crippen LogP contribution in [0.4, 0.5) is 19.0 Å². The molecule has 0 bridgehead atoms. The van der Waals surface area contributed by atoms with Crippen molar-refractivity contribution in [3.05, 3.63) is 17.6 Å². The molecule has 0 aromatic carbocycles. The summed E-state index contributed by atoms with van der Waals surface area (Å²) in [4.78, 5) is 7.09. The van der Waals surface area contributed by atoms with Crippen molar-refractivity contribution in [2.75, 3.05) is 5.73 Å². The van der Waals surface area contributed by atoms with Crippen molar-refractivity contribution in [3.63, 3.8) is 0 Å². The van der Waals surface area contributed by atoms with Gasteiger partial charge in [-0.05, 0) is 5.92 Å². The molecular formula is C9H10F3N5. The van der Waals surface area contributed by atoms with Crippen LogP contribution >= 0.6 is 0 Å². The summed E-state index contributed by atoms with van der Waals surface area (Å²) in [5.41, 5.74) is 4.63. The lowest BCUT2D eigenvalue weighted by atomic mass is 10.0. The molecule has 0 aliphatic heterocycles. The number of nitrogen functional groups attached to an aromatic ring is 1. The normalized spacial score (nSPS) is 12.6. The van der Waals surface area contributed by atoms with E-state index < -0.39 is 17.8 Å². The van der Waals surface area contributed by atoms with Gasteiger partial charge >= 0.3 is 6.18 Å². The van der Waals surface area contributed by atoms with Gasteiger partial charge in [0.2, 0.25) is 0 Å². The van der Waals surface area contributed by atoms with Gasteiger partial charge in [-0.1, -0.05) is 13.8 Å². The van der Waals surface area contributed by atoms with Gasteiger partial charge in [0.05, 0.1) is 0 Å². The lowest BCUT2D eigenvalue weighted by Gasteiger charge is -2.16. The van der Waals surface area contributed by atoms with Crippen molar-refractivity contribution in [2.45, 2.75) is 25.9 Å². The minimum absolute atomic E-state index is 0.0597. The van der Waals surface area contributed by atoms with Crippen molar-refractivity contribution in [2.24, 2.45) is 0 Å². The van der Waals surface area contributed by atoms with Crippen LogP contribution < -0.4 is 5.73 Å². The molecule has 0 radical (unpaired) electrons. The first-order chi connectivity index (χ1) is 7.82. The van der Waals surface area contributed by atoms with Crippen LogP contribution in [-0.4, -0.2) is 19.6 Å². The van der Waals surface area contributed by atoms with Crippen molar-refractivity contribution in [3.8, 4) is 0 Å². The highest BCUT2D eigenvalue weighted by Gasteiger charge is 2.38. The van der Waals surface area contributed by atoms with Crippen LogP contribution in [0.15, 0.2) is 6.33 Å². The third-order valence-electron chi connectivity index (χ3n) is 2.35. The van der Waals surface area contributed by atoms with Crippen molar-refractivity contribution >= 4 is 11.6 Å². The largest absolute Gasteiger partial charge is 0.433 e. The number of fused-ring (bicyclic) bond motifs is 1. The maximum atomic E-state index is 12.8. The minimum atomic E-state index is -4.55. The van der Waals surface area contributed by atoms with Gasteiger partial charge in [-0.15, -0.1) is 0 Å². The Balaban J connectivity index is 2.85. The van der Waals surface area contributed by atoms with Gasteiger partial charge in [-0.3, -0.25) is 0 Å². The Morgan fingerprint density at radius 3 is 2.53 bits per heavy atom. The quantitative estimate of drug-likeness (QED) is 0.832. The Hall–Kier alpha value is -1.86. The van der Waals surface area contributed by atoms with Crippen LogP contribution in [0.25, 0.3) is 5.78 Å². The van der Waals surface area contributed by atoms with Crippen molar-refractivity contribution in [1.82, 2.24) is 19.6 Å². The van der Waals surface area contributed by atoms with Gasteiger partial charge in [0.1, 0.15) is 12.1 Å². The first kappa shape index (κ1) is 11.6. The molecule has 0 amide bonds. The summed E-state index contributed by atoms with van der Waals surface area (Å²) >= 11 is 0. The monoisotopic (exact) mass is 245 g/mol. The molecule has 2 N–H and O–H groups in total. The van der Waals surface area contributed by atoms with Crippen LogP contribution in [0.3, 0.4) is 0 Å². The number of nitrogens with zero attached hydrogens (tertiary/aromatic N) is 4. The Morgan fingerprint density at radius 2 is 2.00 bits per heavy atom. The van der Waals surface area contributed by atoms with Gasteiger partial charge in [-0.2, -0.15) is 27.8 Å². The number of hydrogen-bond acceptors (Lipinski definition) is 4. The van der Waals surface area contributed by atoms with E-state index in [0.717, 1.165) is 10.8 Å². The fourth-order valence-electron chi connectivity index (χ4n) is 1.66. The van der Waals surface area contributed by atoms with Gasteiger partial charge in [0, 0.05) is 5.56 Å². The third-order valence-corrected chi connectivity index (χ3v) is 2.35. The highest BCUT2D eigenvalue weighted by Crippen LogP contribution is 2.36. The first-order valence-electron chi connectivity index (χ1n) is 4.88. The van der Waals surface area contributed by atoms with Crippen LogP contribution in [0.5, 0.6) is 0 Å². The van der Waals surface area contributed by atoms with Gasteiger partial charge < -0.3 is 5.73 Å². The zero-order chi connectivity index (χ0) is 12.8. The molecule has 0 unspecified atom stereocenters. The number of halogens is 3. The Kier molecular flexibility index (Phi) is 2.44. The second-order valence-corrected chi connectivity index (χ2v) is 3.88. The molecule has 0 saturated carbocycles. The number of anilines is 1. The van der Waals surface area contributed by atoms with Crippen LogP contribution in [0.1, 0.15) is 31.0 Å². The molecule has 2 aromatic rings. The maximum absolute atomic E-state index is 12.8. The molecule has 0 aliphatic rings. The lowest BCUT2D eigenvalue weighted by molar-refractivity contribution is -0.141. The summed E-state index contributed by atoms with van der Waals surface area (Å²) in [5.74, 6) is -0.637. The van der Waals surface area contributed by atoms with E-state index in [0.29, 0.717) is 0 Å². The molecule has 2 heterocycles. The molecule has 92 valence electrons. The van der Waals surface area contributed by atoms with Gasteiger partial charge in [0.15, 0.2) is 5.69 Å². The number of aromatic nitrogens is 4. The molecule has 0 atom stereocenters. The second-order valence-electron chi connectivity index (χ2n) is 3.88. The maximum Gasteiger partial charge on any atom is 0.433 e. The molecule has 0 aliphatic carbocycles. The predicted molar refractivity (Wildman–Crippen MR) is 54.3 cm³/mol. The second kappa shape index (κ2) is 3.57. The molecule has 0 spiro atoms. The summed E-state index contributed by atoms with van der Waals surface area (Å²) < 4.78 is 39.6. The fourth-order valence-corrected chi connectivity index (χ4v) is 1.66. The number of rotatable bonds is 1. The molecule has 17 heavy (non-hydrogen) atoms. The standard InChI is InChI=1S/C9H10F3N5/c1-4(2)5-6(9(10,11)12)16-8-14-3-15-17(8)7(5)13/h3-4H,13H2,1-2H3. The number of nitrogens with two attached hydrogens (primary N) is 1. The van der Waals surface area contributed by atoms with E-state index in [4.69, 9.17) is 5.73 Å². The van der Waals surface area contributed by atoms with Gasteiger partial charge in [-0.25, -0.2) is 4.98 Å². The zero-order valence-electron chi connectivity index (χ0n) is 9.15. The molecule has 0 fully saturated rings. The van der Waals surface area contributed by atoms with E-state index in [1.165, 1.54) is 0 Å². The number of alkyl halides is 3. The van der Waals surface area contributed by atoms with E-state index >= 15 is 0 Å². The molecule has 2 aromatic heterocycles. The Morgan fingerprint density at radius 1 is 1.35 bits per heavy atom. The smallest absolute Gasteiger partial charge is 0.383 e. The third kappa shape index (κ3) is 1.79. The van der Waals surface area contributed by atoms with Crippen LogP contribution in [0, 0.1) is 0 Å². The Bertz CT molecular complexity index is 557. The predicted octanol–water partition coefficient (Wildman–Crippen LogP) is 1.85. The van der Waals surface area contributed by atoms with E-state index in [1.807, 2.05) is 0 Å². The average Bonchev–Trinajstić information content (AvgIpc) is 2.63. The van der Waals surface area contributed by atoms with E-state index in [-0.39, 0.29) is 17.2 Å². The van der Waals surface area contributed by atoms with Crippen LogP contribution in [-0.2, 0) is 6.18 Å². The average molecular weight is 245 g/mol. The first-order valence-corrected chi connectivity index (χ1v) is 4.88. The highest BCUT2D eigenvalue weighted by molar-refractivity contribution is 5.51. The summed E-state index contributed by atoms with van der Waals surface area (Å²) in [6.45, 7) is 3.23. The zero-order valence-corrected chi connectivity index (χ0v) is 9.15. The molecule has 5 nitrogen and oxygen atoms in total. The summed E-state index contributed by atoms with van der Waals surface area (Å²) in [6.07, 6.45) is -3.44. The highest BCUT2D eigenvalue weighted by atomic mass is 19.4. The van der Waals surface area contributed by atoms with Crippen molar-refractivity contribution in [1.29, 1.82) is 0 Å².